The van der Waals surface area contributed by atoms with E-state index in [0.717, 1.165) is 12.0 Å². The summed E-state index contributed by atoms with van der Waals surface area (Å²) in [5.41, 5.74) is 6.87. The highest BCUT2D eigenvalue weighted by molar-refractivity contribution is 7.18. The van der Waals surface area contributed by atoms with Crippen molar-refractivity contribution in [3.63, 3.8) is 0 Å². The standard InChI is InChI=1S/C14H19N5OS/c1-9(2)18-14-19-12(15)11(21-14)13(20)17-7-5-10-4-3-6-16-8-10/h3-4,6,8-9H,5,7,15H2,1-2H3,(H,17,20)(H,18,19). The molecule has 0 aliphatic heterocycles. The summed E-state index contributed by atoms with van der Waals surface area (Å²) in [4.78, 5) is 20.7. The lowest BCUT2D eigenvalue weighted by molar-refractivity contribution is 0.0959. The molecule has 0 saturated carbocycles. The Morgan fingerprint density at radius 3 is 2.95 bits per heavy atom. The normalized spacial score (nSPS) is 10.6. The molecule has 0 spiro atoms. The van der Waals surface area contributed by atoms with Gasteiger partial charge in [-0.05, 0) is 31.9 Å². The molecule has 2 aromatic rings. The van der Waals surface area contributed by atoms with Crippen LogP contribution in [0.15, 0.2) is 24.5 Å². The number of aromatic nitrogens is 2. The van der Waals surface area contributed by atoms with E-state index in [1.807, 2.05) is 26.0 Å². The number of thiazole rings is 1. The average molecular weight is 305 g/mol. The van der Waals surface area contributed by atoms with E-state index in [0.29, 0.717) is 16.6 Å². The lowest BCUT2D eigenvalue weighted by Crippen LogP contribution is -2.25. The van der Waals surface area contributed by atoms with Gasteiger partial charge in [0.25, 0.3) is 5.91 Å². The summed E-state index contributed by atoms with van der Waals surface area (Å²) in [5, 5.41) is 6.66. The summed E-state index contributed by atoms with van der Waals surface area (Å²) >= 11 is 1.27. The molecule has 6 nitrogen and oxygen atoms in total. The van der Waals surface area contributed by atoms with Crippen molar-refractivity contribution in [2.75, 3.05) is 17.6 Å². The topological polar surface area (TPSA) is 92.9 Å². The second-order valence-corrected chi connectivity index (χ2v) is 5.90. The second kappa shape index (κ2) is 7.03. The minimum absolute atomic E-state index is 0.189. The molecule has 7 heteroatoms. The van der Waals surface area contributed by atoms with Gasteiger partial charge in [-0.2, -0.15) is 0 Å². The molecule has 0 unspecified atom stereocenters. The zero-order chi connectivity index (χ0) is 15.2. The maximum atomic E-state index is 12.1. The highest BCUT2D eigenvalue weighted by atomic mass is 32.1. The SMILES string of the molecule is CC(C)Nc1nc(N)c(C(=O)NCCc2cccnc2)s1. The van der Waals surface area contributed by atoms with E-state index in [2.05, 4.69) is 20.6 Å². The predicted octanol–water partition coefficient (Wildman–Crippen LogP) is 1.91. The molecule has 0 aliphatic rings. The highest BCUT2D eigenvalue weighted by Crippen LogP contribution is 2.25. The summed E-state index contributed by atoms with van der Waals surface area (Å²) < 4.78 is 0. The van der Waals surface area contributed by atoms with Crippen molar-refractivity contribution >= 4 is 28.2 Å². The minimum atomic E-state index is -0.189. The van der Waals surface area contributed by atoms with E-state index in [9.17, 15) is 4.79 Å². The lowest BCUT2D eigenvalue weighted by atomic mass is 10.2. The summed E-state index contributed by atoms with van der Waals surface area (Å²) in [7, 11) is 0. The van der Waals surface area contributed by atoms with E-state index in [4.69, 9.17) is 5.73 Å². The number of hydrogen-bond acceptors (Lipinski definition) is 6. The number of carbonyl (C=O) groups excluding carboxylic acids is 1. The largest absolute Gasteiger partial charge is 0.382 e. The Morgan fingerprint density at radius 1 is 1.48 bits per heavy atom. The third kappa shape index (κ3) is 4.42. The van der Waals surface area contributed by atoms with Gasteiger partial charge < -0.3 is 16.4 Å². The van der Waals surface area contributed by atoms with E-state index < -0.39 is 0 Å². The van der Waals surface area contributed by atoms with Crippen LogP contribution < -0.4 is 16.4 Å². The Kier molecular flexibility index (Phi) is 5.10. The fraction of sp³-hybridized carbons (Fsp3) is 0.357. The van der Waals surface area contributed by atoms with Crippen molar-refractivity contribution in [3.05, 3.63) is 35.0 Å². The summed E-state index contributed by atoms with van der Waals surface area (Å²) in [5.74, 6) is 0.0766. The molecule has 0 atom stereocenters. The number of anilines is 2. The number of nitrogens with two attached hydrogens (primary N) is 1. The molecular formula is C14H19N5OS. The third-order valence-corrected chi connectivity index (χ3v) is 3.69. The first-order chi connectivity index (χ1) is 10.1. The van der Waals surface area contributed by atoms with Gasteiger partial charge in [-0.15, -0.1) is 0 Å². The van der Waals surface area contributed by atoms with Crippen molar-refractivity contribution in [2.24, 2.45) is 0 Å². The third-order valence-electron chi connectivity index (χ3n) is 2.69. The van der Waals surface area contributed by atoms with Crippen LogP contribution in [0.3, 0.4) is 0 Å². The van der Waals surface area contributed by atoms with Gasteiger partial charge in [0.2, 0.25) is 0 Å². The average Bonchev–Trinajstić information content (AvgIpc) is 2.80. The Bertz CT molecular complexity index is 597. The Morgan fingerprint density at radius 2 is 2.29 bits per heavy atom. The first-order valence-electron chi connectivity index (χ1n) is 6.76. The first kappa shape index (κ1) is 15.2. The van der Waals surface area contributed by atoms with Crippen molar-refractivity contribution < 1.29 is 4.79 Å². The van der Waals surface area contributed by atoms with Crippen LogP contribution in [0.5, 0.6) is 0 Å². The maximum Gasteiger partial charge on any atom is 0.265 e. The quantitative estimate of drug-likeness (QED) is 0.758. The number of hydrogen-bond donors (Lipinski definition) is 3. The van der Waals surface area contributed by atoms with E-state index in [-0.39, 0.29) is 17.8 Å². The predicted molar refractivity (Wildman–Crippen MR) is 85.6 cm³/mol. The Balaban J connectivity index is 1.90. The first-order valence-corrected chi connectivity index (χ1v) is 7.58. The highest BCUT2D eigenvalue weighted by Gasteiger charge is 2.16. The van der Waals surface area contributed by atoms with E-state index in [1.165, 1.54) is 11.3 Å². The fourth-order valence-electron chi connectivity index (χ4n) is 1.75. The van der Waals surface area contributed by atoms with Crippen LogP contribution in [0, 0.1) is 0 Å². The Labute approximate surface area is 127 Å². The van der Waals surface area contributed by atoms with Crippen LogP contribution in [0.1, 0.15) is 29.1 Å². The molecule has 0 bridgehead atoms. The van der Waals surface area contributed by atoms with Gasteiger partial charge in [0.15, 0.2) is 5.13 Å². The van der Waals surface area contributed by atoms with Gasteiger partial charge >= 0.3 is 0 Å². The molecule has 4 N–H and O–H groups in total. The molecule has 2 heterocycles. The number of amides is 1. The number of nitrogens with one attached hydrogen (secondary N) is 2. The molecule has 0 fully saturated rings. The lowest BCUT2D eigenvalue weighted by Gasteiger charge is -2.04. The maximum absolute atomic E-state index is 12.1. The van der Waals surface area contributed by atoms with Gasteiger partial charge in [-0.25, -0.2) is 4.98 Å². The van der Waals surface area contributed by atoms with Crippen LogP contribution in [0.25, 0.3) is 0 Å². The molecule has 2 rings (SSSR count). The second-order valence-electron chi connectivity index (χ2n) is 4.90. The molecule has 1 amide bonds. The number of pyridine rings is 1. The van der Waals surface area contributed by atoms with E-state index in [1.54, 1.807) is 12.4 Å². The van der Waals surface area contributed by atoms with Crippen LogP contribution in [0.4, 0.5) is 10.9 Å². The van der Waals surface area contributed by atoms with Gasteiger partial charge in [0.05, 0.1) is 0 Å². The zero-order valence-corrected chi connectivity index (χ0v) is 12.9. The molecule has 0 saturated heterocycles. The van der Waals surface area contributed by atoms with Crippen LogP contribution >= 0.6 is 11.3 Å². The molecule has 21 heavy (non-hydrogen) atoms. The number of nitrogen functional groups attached to an aromatic ring is 1. The number of carbonyl (C=O) groups is 1. The van der Waals surface area contributed by atoms with Crippen molar-refractivity contribution in [2.45, 2.75) is 26.3 Å². The van der Waals surface area contributed by atoms with Gasteiger partial charge in [0.1, 0.15) is 10.7 Å². The summed E-state index contributed by atoms with van der Waals surface area (Å²) in [6.45, 7) is 4.55. The smallest absolute Gasteiger partial charge is 0.265 e. The summed E-state index contributed by atoms with van der Waals surface area (Å²) in [6, 6.07) is 4.10. The summed E-state index contributed by atoms with van der Waals surface area (Å²) in [6.07, 6.45) is 4.25. The minimum Gasteiger partial charge on any atom is -0.382 e. The molecule has 2 aromatic heterocycles. The number of nitrogens with zero attached hydrogens (tertiary/aromatic N) is 2. The molecular weight excluding hydrogens is 286 g/mol. The molecule has 112 valence electrons. The van der Waals surface area contributed by atoms with Gasteiger partial charge in [-0.3, -0.25) is 9.78 Å². The van der Waals surface area contributed by atoms with Crippen LogP contribution in [-0.2, 0) is 6.42 Å². The van der Waals surface area contributed by atoms with Crippen LogP contribution in [-0.4, -0.2) is 28.5 Å². The van der Waals surface area contributed by atoms with Crippen molar-refractivity contribution in [1.82, 2.24) is 15.3 Å². The van der Waals surface area contributed by atoms with Gasteiger partial charge in [0, 0.05) is 25.0 Å². The zero-order valence-electron chi connectivity index (χ0n) is 12.1. The van der Waals surface area contributed by atoms with Gasteiger partial charge in [-0.1, -0.05) is 17.4 Å². The van der Waals surface area contributed by atoms with Crippen molar-refractivity contribution in [3.8, 4) is 0 Å². The monoisotopic (exact) mass is 305 g/mol. The van der Waals surface area contributed by atoms with Crippen LogP contribution in [0.2, 0.25) is 0 Å². The number of rotatable bonds is 6. The van der Waals surface area contributed by atoms with Crippen molar-refractivity contribution in [1.29, 1.82) is 0 Å². The Hall–Kier alpha value is -2.15. The molecule has 0 radical (unpaired) electrons. The fourth-order valence-corrected chi connectivity index (χ4v) is 2.70. The molecule has 0 aliphatic carbocycles. The van der Waals surface area contributed by atoms with E-state index >= 15 is 0 Å². The molecule has 0 aromatic carbocycles.